The quantitative estimate of drug-likeness (QED) is 0.540. The smallest absolute Gasteiger partial charge is 0.218 e. The van der Waals surface area contributed by atoms with E-state index in [-0.39, 0.29) is 0 Å². The minimum Gasteiger partial charge on any atom is -0.493 e. The third-order valence-electron chi connectivity index (χ3n) is 3.90. The summed E-state index contributed by atoms with van der Waals surface area (Å²) in [7, 11) is 8.08. The molecule has 8 heteroatoms. The molecule has 0 aliphatic heterocycles. The van der Waals surface area contributed by atoms with Crippen molar-refractivity contribution in [3.8, 4) is 23.1 Å². The average Bonchev–Trinajstić information content (AvgIpc) is 2.73. The third kappa shape index (κ3) is 5.16. The van der Waals surface area contributed by atoms with E-state index >= 15 is 0 Å². The van der Waals surface area contributed by atoms with Crippen LogP contribution in [0, 0.1) is 0 Å². The van der Waals surface area contributed by atoms with Crippen LogP contribution in [0.3, 0.4) is 0 Å². The predicted octanol–water partition coefficient (Wildman–Crippen LogP) is 1.98. The van der Waals surface area contributed by atoms with Gasteiger partial charge in [-0.25, -0.2) is 4.98 Å². The first-order chi connectivity index (χ1) is 13.2. The highest BCUT2D eigenvalue weighted by molar-refractivity contribution is 5.79. The van der Waals surface area contributed by atoms with Gasteiger partial charge in [-0.3, -0.25) is 4.99 Å². The van der Waals surface area contributed by atoms with Gasteiger partial charge in [0.1, 0.15) is 0 Å². The van der Waals surface area contributed by atoms with E-state index in [1.165, 1.54) is 0 Å². The average molecular weight is 374 g/mol. The van der Waals surface area contributed by atoms with E-state index in [9.17, 15) is 0 Å². The van der Waals surface area contributed by atoms with Crippen LogP contribution < -0.4 is 29.6 Å². The Kier molecular flexibility index (Phi) is 7.54. The highest BCUT2D eigenvalue weighted by Crippen LogP contribution is 2.38. The number of rotatable bonds is 8. The summed E-state index contributed by atoms with van der Waals surface area (Å²) >= 11 is 0. The van der Waals surface area contributed by atoms with Gasteiger partial charge >= 0.3 is 0 Å². The molecule has 0 spiro atoms. The summed E-state index contributed by atoms with van der Waals surface area (Å²) in [6.45, 7) is 1.06. The molecule has 0 fully saturated rings. The van der Waals surface area contributed by atoms with Crippen LogP contribution in [0.15, 0.2) is 35.5 Å². The number of aliphatic imine (C=N–C) groups is 1. The van der Waals surface area contributed by atoms with Crippen LogP contribution in [0.1, 0.15) is 11.1 Å². The van der Waals surface area contributed by atoms with Crippen LogP contribution in [-0.2, 0) is 13.1 Å². The van der Waals surface area contributed by atoms with Crippen molar-refractivity contribution < 1.29 is 18.9 Å². The number of pyridine rings is 1. The minimum atomic E-state index is 0.528. The molecule has 27 heavy (non-hydrogen) atoms. The van der Waals surface area contributed by atoms with Crippen molar-refractivity contribution in [3.05, 3.63) is 41.6 Å². The first-order valence-corrected chi connectivity index (χ1v) is 8.38. The standard InChI is InChI=1S/C19H26N4O4/c1-20-19(23-12-14-7-6-8-21-18(14)27-5)22-11-13-9-15(24-2)17(26-4)16(10-13)25-3/h6-10H,11-12H2,1-5H3,(H2,20,22,23). The number of methoxy groups -OCH3 is 4. The van der Waals surface area contributed by atoms with Crippen molar-refractivity contribution in [3.63, 3.8) is 0 Å². The number of ether oxygens (including phenoxy) is 4. The molecule has 0 amide bonds. The normalized spacial score (nSPS) is 10.9. The molecule has 0 bridgehead atoms. The lowest BCUT2D eigenvalue weighted by Crippen LogP contribution is -2.36. The molecule has 2 rings (SSSR count). The molecule has 1 aromatic carbocycles. The molecule has 0 aliphatic rings. The summed E-state index contributed by atoms with van der Waals surface area (Å²) < 4.78 is 21.4. The maximum Gasteiger partial charge on any atom is 0.218 e. The summed E-state index contributed by atoms with van der Waals surface area (Å²) in [5.74, 6) is 3.02. The predicted molar refractivity (Wildman–Crippen MR) is 104 cm³/mol. The number of hydrogen-bond donors (Lipinski definition) is 2. The van der Waals surface area contributed by atoms with E-state index in [1.807, 2.05) is 24.3 Å². The number of benzene rings is 1. The Morgan fingerprint density at radius 1 is 0.963 bits per heavy atom. The maximum absolute atomic E-state index is 5.38. The fourth-order valence-electron chi connectivity index (χ4n) is 2.57. The van der Waals surface area contributed by atoms with Crippen molar-refractivity contribution in [1.82, 2.24) is 15.6 Å². The van der Waals surface area contributed by atoms with Gasteiger partial charge in [0.2, 0.25) is 11.6 Å². The summed E-state index contributed by atoms with van der Waals surface area (Å²) in [6.07, 6.45) is 1.69. The zero-order chi connectivity index (χ0) is 19.6. The molecule has 2 aromatic rings. The molecule has 0 saturated carbocycles. The Hall–Kier alpha value is -3.16. The molecule has 0 saturated heterocycles. The molecule has 0 aliphatic carbocycles. The number of aromatic nitrogens is 1. The zero-order valence-corrected chi connectivity index (χ0v) is 16.3. The second kappa shape index (κ2) is 10.1. The van der Waals surface area contributed by atoms with E-state index in [0.717, 1.165) is 11.1 Å². The fraction of sp³-hybridized carbons (Fsp3) is 0.368. The lowest BCUT2D eigenvalue weighted by molar-refractivity contribution is 0.323. The molecule has 0 radical (unpaired) electrons. The van der Waals surface area contributed by atoms with Gasteiger partial charge in [0, 0.05) is 31.9 Å². The Balaban J connectivity index is 2.03. The third-order valence-corrected chi connectivity index (χ3v) is 3.90. The summed E-state index contributed by atoms with van der Waals surface area (Å²) in [4.78, 5) is 8.43. The van der Waals surface area contributed by atoms with Crippen LogP contribution in [0.5, 0.6) is 23.1 Å². The molecule has 0 atom stereocenters. The van der Waals surface area contributed by atoms with Gasteiger partial charge in [0.05, 0.1) is 28.4 Å². The minimum absolute atomic E-state index is 0.528. The van der Waals surface area contributed by atoms with Gasteiger partial charge in [0.25, 0.3) is 0 Å². The SMILES string of the molecule is CN=C(NCc1cc(OC)c(OC)c(OC)c1)NCc1cccnc1OC. The van der Waals surface area contributed by atoms with Crippen molar-refractivity contribution in [2.45, 2.75) is 13.1 Å². The molecule has 1 heterocycles. The first-order valence-electron chi connectivity index (χ1n) is 8.38. The van der Waals surface area contributed by atoms with Crippen molar-refractivity contribution >= 4 is 5.96 Å². The molecular formula is C19H26N4O4. The van der Waals surface area contributed by atoms with Gasteiger partial charge in [-0.2, -0.15) is 0 Å². The van der Waals surface area contributed by atoms with Gasteiger partial charge in [0.15, 0.2) is 17.5 Å². The first kappa shape index (κ1) is 20.2. The number of nitrogens with one attached hydrogen (secondary N) is 2. The van der Waals surface area contributed by atoms with Crippen molar-refractivity contribution in [2.24, 2.45) is 4.99 Å². The largest absolute Gasteiger partial charge is 0.493 e. The number of hydrogen-bond acceptors (Lipinski definition) is 6. The maximum atomic E-state index is 5.38. The Labute approximate surface area is 159 Å². The molecular weight excluding hydrogens is 348 g/mol. The lowest BCUT2D eigenvalue weighted by Gasteiger charge is -2.16. The van der Waals surface area contributed by atoms with E-state index < -0.39 is 0 Å². The van der Waals surface area contributed by atoms with E-state index in [4.69, 9.17) is 18.9 Å². The summed E-state index contributed by atoms with van der Waals surface area (Å²) in [5, 5.41) is 6.50. The second-order valence-corrected chi connectivity index (χ2v) is 5.48. The van der Waals surface area contributed by atoms with E-state index in [0.29, 0.717) is 42.2 Å². The summed E-state index contributed by atoms with van der Waals surface area (Å²) in [5.41, 5.74) is 1.90. The lowest BCUT2D eigenvalue weighted by atomic mass is 10.2. The van der Waals surface area contributed by atoms with Gasteiger partial charge in [-0.05, 0) is 23.8 Å². The topological polar surface area (TPSA) is 86.2 Å². The van der Waals surface area contributed by atoms with Crippen molar-refractivity contribution in [2.75, 3.05) is 35.5 Å². The molecule has 0 unspecified atom stereocenters. The number of guanidine groups is 1. The van der Waals surface area contributed by atoms with Crippen LogP contribution in [-0.4, -0.2) is 46.4 Å². The van der Waals surface area contributed by atoms with Crippen LogP contribution >= 0.6 is 0 Å². The van der Waals surface area contributed by atoms with Crippen LogP contribution in [0.2, 0.25) is 0 Å². The number of nitrogens with zero attached hydrogens (tertiary/aromatic N) is 2. The molecule has 8 nitrogen and oxygen atoms in total. The molecule has 146 valence electrons. The van der Waals surface area contributed by atoms with Gasteiger partial charge in [-0.1, -0.05) is 6.07 Å². The van der Waals surface area contributed by atoms with Gasteiger partial charge < -0.3 is 29.6 Å². The Bertz CT molecular complexity index is 755. The molecule has 1 aromatic heterocycles. The van der Waals surface area contributed by atoms with Crippen LogP contribution in [0.25, 0.3) is 0 Å². The zero-order valence-electron chi connectivity index (χ0n) is 16.3. The monoisotopic (exact) mass is 374 g/mol. The Morgan fingerprint density at radius 3 is 2.19 bits per heavy atom. The van der Waals surface area contributed by atoms with E-state index in [1.54, 1.807) is 41.7 Å². The summed E-state index contributed by atoms with van der Waals surface area (Å²) in [6, 6.07) is 7.61. The van der Waals surface area contributed by atoms with E-state index in [2.05, 4.69) is 20.6 Å². The molecule has 2 N–H and O–H groups in total. The second-order valence-electron chi connectivity index (χ2n) is 5.48. The van der Waals surface area contributed by atoms with Crippen molar-refractivity contribution in [1.29, 1.82) is 0 Å². The highest BCUT2D eigenvalue weighted by Gasteiger charge is 2.13. The Morgan fingerprint density at radius 2 is 1.63 bits per heavy atom. The highest BCUT2D eigenvalue weighted by atomic mass is 16.5. The van der Waals surface area contributed by atoms with Gasteiger partial charge in [-0.15, -0.1) is 0 Å². The fourth-order valence-corrected chi connectivity index (χ4v) is 2.57. The van der Waals surface area contributed by atoms with Crippen LogP contribution in [0.4, 0.5) is 0 Å².